The van der Waals surface area contributed by atoms with Crippen molar-refractivity contribution in [2.24, 2.45) is 0 Å². The van der Waals surface area contributed by atoms with Crippen LogP contribution in [0.3, 0.4) is 0 Å². The van der Waals surface area contributed by atoms with Crippen LogP contribution in [0.25, 0.3) is 0 Å². The van der Waals surface area contributed by atoms with Gasteiger partial charge in [-0.3, -0.25) is 4.90 Å². The fourth-order valence-electron chi connectivity index (χ4n) is 4.22. The van der Waals surface area contributed by atoms with Gasteiger partial charge in [0.25, 0.3) is 0 Å². The number of halogens is 2. The normalized spacial score (nSPS) is 19.8. The molecule has 0 amide bonds. The summed E-state index contributed by atoms with van der Waals surface area (Å²) in [5.74, 6) is 0. The van der Waals surface area contributed by atoms with Crippen LogP contribution in [0.5, 0.6) is 0 Å². The van der Waals surface area contributed by atoms with Gasteiger partial charge < -0.3 is 0 Å². The molecule has 0 aromatic carbocycles. The summed E-state index contributed by atoms with van der Waals surface area (Å²) < 4.78 is 29.2. The maximum absolute atomic E-state index is 14.6. The molecule has 1 aliphatic heterocycles. The van der Waals surface area contributed by atoms with Crippen molar-refractivity contribution in [3.8, 4) is 0 Å². The molecule has 0 radical (unpaired) electrons. The summed E-state index contributed by atoms with van der Waals surface area (Å²) in [6, 6.07) is 0. The van der Waals surface area contributed by atoms with E-state index in [4.69, 9.17) is 0 Å². The fraction of sp³-hybridized carbons (Fsp3) is 1.00. The molecule has 27 heavy (non-hydrogen) atoms. The van der Waals surface area contributed by atoms with Gasteiger partial charge in [-0.2, -0.15) is 4.90 Å². The van der Waals surface area contributed by atoms with Crippen molar-refractivity contribution in [2.45, 2.75) is 123 Å². The number of rotatable bonds is 18. The van der Waals surface area contributed by atoms with Crippen LogP contribution in [0.1, 0.15) is 117 Å². The van der Waals surface area contributed by atoms with Gasteiger partial charge in [-0.15, -0.1) is 8.78 Å². The van der Waals surface area contributed by atoms with E-state index in [1.54, 1.807) is 0 Å². The van der Waals surface area contributed by atoms with Crippen molar-refractivity contribution in [1.82, 2.24) is 4.90 Å². The molecular formula is C23H47F2N2+. The first-order valence-corrected chi connectivity index (χ1v) is 12.1. The van der Waals surface area contributed by atoms with Crippen molar-refractivity contribution in [1.29, 1.82) is 0 Å². The lowest BCUT2D eigenvalue weighted by Gasteiger charge is -2.25. The molecule has 2 nitrogen and oxygen atoms in total. The first-order chi connectivity index (χ1) is 13.1. The number of hydrogen-bond acceptors (Lipinski definition) is 1. The third-order valence-corrected chi connectivity index (χ3v) is 6.12. The summed E-state index contributed by atoms with van der Waals surface area (Å²) in [6.07, 6.45) is 16.9. The topological polar surface area (TPSA) is 7.68 Å². The maximum Gasteiger partial charge on any atom is 0.460 e. The number of alkyl halides is 2. The van der Waals surface area contributed by atoms with E-state index in [1.165, 1.54) is 81.9 Å². The summed E-state index contributed by atoms with van der Waals surface area (Å²) in [5.41, 5.74) is 0. The van der Waals surface area contributed by atoms with Crippen LogP contribution in [-0.4, -0.2) is 37.2 Å². The second-order valence-electron chi connectivity index (χ2n) is 8.58. The molecule has 1 N–H and O–H groups in total. The summed E-state index contributed by atoms with van der Waals surface area (Å²) in [7, 11) is 0. The Morgan fingerprint density at radius 2 is 1.11 bits per heavy atom. The average molecular weight is 390 g/mol. The monoisotopic (exact) mass is 389 g/mol. The molecule has 0 bridgehead atoms. The van der Waals surface area contributed by atoms with E-state index in [-0.39, 0.29) is 0 Å². The summed E-state index contributed by atoms with van der Waals surface area (Å²) in [5, 5.41) is 0. The highest BCUT2D eigenvalue weighted by atomic mass is 19.3. The molecule has 1 aliphatic rings. The van der Waals surface area contributed by atoms with E-state index in [2.05, 4.69) is 13.8 Å². The lowest BCUT2D eigenvalue weighted by molar-refractivity contribution is -0.985. The zero-order valence-corrected chi connectivity index (χ0v) is 18.3. The highest BCUT2D eigenvalue weighted by Gasteiger charge is 2.52. The summed E-state index contributed by atoms with van der Waals surface area (Å²) in [4.78, 5) is 1.96. The smallest absolute Gasteiger partial charge is 0.258 e. The number of nitrogens with one attached hydrogen (secondary N) is 1. The molecule has 1 rings (SSSR count). The lowest BCUT2D eigenvalue weighted by Crippen LogP contribution is -3.17. The van der Waals surface area contributed by atoms with E-state index < -0.39 is 6.17 Å². The van der Waals surface area contributed by atoms with Crippen LogP contribution in [0, 0.1) is 0 Å². The van der Waals surface area contributed by atoms with Gasteiger partial charge in [0.2, 0.25) is 0 Å². The molecule has 0 aliphatic carbocycles. The van der Waals surface area contributed by atoms with E-state index in [1.807, 2.05) is 0 Å². The first kappa shape index (κ1) is 24.8. The standard InChI is InChI=1S/C23H46F2N2/c1-3-5-7-9-11-13-15-17-19-26-21-22-27(23(26,24)25)20-18-16-14-12-10-8-6-4-2/h3-22H2,1-2H3/p+1. The van der Waals surface area contributed by atoms with E-state index in [0.29, 0.717) is 31.1 Å². The third kappa shape index (κ3) is 10.8. The zero-order chi connectivity index (χ0) is 19.8. The average Bonchev–Trinajstić information content (AvgIpc) is 2.93. The number of quaternary nitrogens is 1. The van der Waals surface area contributed by atoms with E-state index in [0.717, 1.165) is 25.7 Å². The van der Waals surface area contributed by atoms with Crippen LogP contribution in [0.4, 0.5) is 8.78 Å². The molecule has 1 fully saturated rings. The summed E-state index contributed by atoms with van der Waals surface area (Å²) in [6.45, 7) is 6.85. The van der Waals surface area contributed by atoms with Crippen LogP contribution < -0.4 is 4.90 Å². The Morgan fingerprint density at radius 1 is 0.667 bits per heavy atom. The van der Waals surface area contributed by atoms with Crippen molar-refractivity contribution in [3.63, 3.8) is 0 Å². The van der Waals surface area contributed by atoms with Crippen molar-refractivity contribution < 1.29 is 13.7 Å². The number of hydrogen-bond donors (Lipinski definition) is 1. The Morgan fingerprint density at radius 3 is 1.63 bits per heavy atom. The summed E-state index contributed by atoms with van der Waals surface area (Å²) >= 11 is 0. The zero-order valence-electron chi connectivity index (χ0n) is 18.3. The van der Waals surface area contributed by atoms with Crippen LogP contribution in [0.15, 0.2) is 0 Å². The molecule has 0 aromatic rings. The maximum atomic E-state index is 14.6. The van der Waals surface area contributed by atoms with Crippen molar-refractivity contribution >= 4 is 0 Å². The quantitative estimate of drug-likeness (QED) is 0.222. The first-order valence-electron chi connectivity index (χ1n) is 12.1. The third-order valence-electron chi connectivity index (χ3n) is 6.12. The van der Waals surface area contributed by atoms with Gasteiger partial charge in [-0.25, -0.2) is 0 Å². The van der Waals surface area contributed by atoms with E-state index in [9.17, 15) is 8.78 Å². The largest absolute Gasteiger partial charge is 0.460 e. The van der Waals surface area contributed by atoms with Crippen molar-refractivity contribution in [3.05, 3.63) is 0 Å². The number of unbranched alkanes of at least 4 members (excludes halogenated alkanes) is 14. The SMILES string of the molecule is CCCCCCCCCCN1CC[NH+](CCCCCCCCCC)C1(F)F. The Labute approximate surface area is 168 Å². The molecule has 0 spiro atoms. The lowest BCUT2D eigenvalue weighted by atomic mass is 10.1. The highest BCUT2D eigenvalue weighted by Crippen LogP contribution is 2.18. The minimum Gasteiger partial charge on any atom is -0.258 e. The highest BCUT2D eigenvalue weighted by molar-refractivity contribution is 4.66. The Hall–Kier alpha value is -0.220. The molecule has 1 heterocycles. The minimum absolute atomic E-state index is 0.507. The van der Waals surface area contributed by atoms with Gasteiger partial charge in [0.15, 0.2) is 0 Å². The molecule has 0 aromatic heterocycles. The van der Waals surface area contributed by atoms with Crippen LogP contribution in [0.2, 0.25) is 0 Å². The predicted molar refractivity (Wildman–Crippen MR) is 112 cm³/mol. The second-order valence-corrected chi connectivity index (χ2v) is 8.58. The van der Waals surface area contributed by atoms with Crippen LogP contribution >= 0.6 is 0 Å². The molecule has 4 heteroatoms. The Kier molecular flexibility index (Phi) is 14.4. The molecule has 162 valence electrons. The molecule has 1 atom stereocenters. The Balaban J connectivity index is 2.05. The van der Waals surface area contributed by atoms with Crippen molar-refractivity contribution in [2.75, 3.05) is 26.2 Å². The molecular weight excluding hydrogens is 342 g/mol. The van der Waals surface area contributed by atoms with Gasteiger partial charge in [-0.05, 0) is 19.3 Å². The predicted octanol–water partition coefficient (Wildman–Crippen LogP) is 6.02. The van der Waals surface area contributed by atoms with Crippen LogP contribution in [-0.2, 0) is 0 Å². The molecule has 0 saturated carbocycles. The van der Waals surface area contributed by atoms with Gasteiger partial charge in [0.1, 0.15) is 0 Å². The molecule has 1 unspecified atom stereocenters. The Bertz CT molecular complexity index is 306. The van der Waals surface area contributed by atoms with E-state index >= 15 is 0 Å². The van der Waals surface area contributed by atoms with Gasteiger partial charge >= 0.3 is 6.17 Å². The second kappa shape index (κ2) is 15.7. The van der Waals surface area contributed by atoms with Gasteiger partial charge in [0.05, 0.1) is 19.6 Å². The van der Waals surface area contributed by atoms with Gasteiger partial charge in [-0.1, -0.05) is 97.3 Å². The van der Waals surface area contributed by atoms with Gasteiger partial charge in [0, 0.05) is 6.54 Å². The minimum atomic E-state index is -2.64. The molecule has 1 saturated heterocycles. The fourth-order valence-corrected chi connectivity index (χ4v) is 4.22. The number of nitrogens with zero attached hydrogens (tertiary/aromatic N) is 1.